The van der Waals surface area contributed by atoms with Gasteiger partial charge in [0, 0.05) is 17.8 Å². The normalized spacial score (nSPS) is 10.6. The van der Waals surface area contributed by atoms with Crippen LogP contribution in [0.2, 0.25) is 10.0 Å². The molecule has 1 heterocycles. The van der Waals surface area contributed by atoms with E-state index in [-0.39, 0.29) is 5.91 Å². The fourth-order valence-electron chi connectivity index (χ4n) is 1.93. The average Bonchev–Trinajstić information content (AvgIpc) is 2.74. The van der Waals surface area contributed by atoms with Crippen LogP contribution in [0.5, 0.6) is 0 Å². The second kappa shape index (κ2) is 6.20. The van der Waals surface area contributed by atoms with E-state index in [1.807, 2.05) is 11.5 Å². The van der Waals surface area contributed by atoms with Gasteiger partial charge in [-0.05, 0) is 30.7 Å². The molecule has 0 saturated heterocycles. The van der Waals surface area contributed by atoms with E-state index in [1.165, 1.54) is 0 Å². The second-order valence-corrected chi connectivity index (χ2v) is 5.27. The summed E-state index contributed by atoms with van der Waals surface area (Å²) in [6, 6.07) is 6.56. The minimum Gasteiger partial charge on any atom is -0.397 e. The van der Waals surface area contributed by atoms with Gasteiger partial charge in [0.1, 0.15) is 5.69 Å². The summed E-state index contributed by atoms with van der Waals surface area (Å²) in [5, 5.41) is 3.68. The molecule has 0 fully saturated rings. The van der Waals surface area contributed by atoms with Crippen LogP contribution in [0.3, 0.4) is 0 Å². The zero-order valence-electron chi connectivity index (χ0n) is 11.0. The second-order valence-electron chi connectivity index (χ2n) is 4.43. The molecule has 0 aliphatic heterocycles. The van der Waals surface area contributed by atoms with Gasteiger partial charge in [-0.3, -0.25) is 4.79 Å². The predicted molar refractivity (Wildman–Crippen MR) is 83.6 cm³/mol. The summed E-state index contributed by atoms with van der Waals surface area (Å²) in [5.41, 5.74) is 7.33. The molecular weight excluding hydrogens is 297 g/mol. The highest BCUT2D eigenvalue weighted by atomic mass is 35.5. The van der Waals surface area contributed by atoms with Crippen LogP contribution in [-0.2, 0) is 6.54 Å². The molecule has 0 radical (unpaired) electrons. The number of hydrogen-bond acceptors (Lipinski definition) is 2. The molecule has 1 aromatic heterocycles. The molecule has 0 aliphatic carbocycles. The molecule has 0 spiro atoms. The molecule has 0 unspecified atom stereocenters. The number of amides is 1. The van der Waals surface area contributed by atoms with E-state index in [2.05, 4.69) is 5.32 Å². The molecule has 4 nitrogen and oxygen atoms in total. The van der Waals surface area contributed by atoms with Crippen LogP contribution in [0.15, 0.2) is 30.5 Å². The number of halogens is 2. The topological polar surface area (TPSA) is 60.0 Å². The van der Waals surface area contributed by atoms with Gasteiger partial charge in [0.05, 0.1) is 16.4 Å². The lowest BCUT2D eigenvalue weighted by Crippen LogP contribution is -2.17. The number of nitrogens with two attached hydrogens (primary N) is 1. The van der Waals surface area contributed by atoms with Crippen LogP contribution < -0.4 is 11.1 Å². The van der Waals surface area contributed by atoms with Gasteiger partial charge in [0.2, 0.25) is 0 Å². The Bertz CT molecular complexity index is 637. The lowest BCUT2D eigenvalue weighted by atomic mass is 10.3. The van der Waals surface area contributed by atoms with Crippen LogP contribution in [0, 0.1) is 0 Å². The van der Waals surface area contributed by atoms with Crippen LogP contribution in [0.1, 0.15) is 23.8 Å². The highest BCUT2D eigenvalue weighted by molar-refractivity contribution is 6.36. The lowest BCUT2D eigenvalue weighted by molar-refractivity contribution is 0.101. The summed E-state index contributed by atoms with van der Waals surface area (Å²) in [6.45, 7) is 2.77. The van der Waals surface area contributed by atoms with Crippen molar-refractivity contribution in [3.63, 3.8) is 0 Å². The van der Waals surface area contributed by atoms with Gasteiger partial charge in [-0.1, -0.05) is 30.1 Å². The van der Waals surface area contributed by atoms with E-state index in [4.69, 9.17) is 28.9 Å². The molecule has 106 valence electrons. The predicted octanol–water partition coefficient (Wildman–Crippen LogP) is 4.04. The number of aromatic nitrogens is 1. The summed E-state index contributed by atoms with van der Waals surface area (Å²) in [4.78, 5) is 12.3. The van der Waals surface area contributed by atoms with Crippen LogP contribution in [-0.4, -0.2) is 10.5 Å². The zero-order valence-corrected chi connectivity index (χ0v) is 12.5. The molecule has 0 bridgehead atoms. The van der Waals surface area contributed by atoms with E-state index in [9.17, 15) is 4.79 Å². The number of nitrogen functional groups attached to an aromatic ring is 1. The Kier molecular flexibility index (Phi) is 4.57. The maximum absolute atomic E-state index is 12.3. The number of rotatable bonds is 4. The highest BCUT2D eigenvalue weighted by Crippen LogP contribution is 2.26. The van der Waals surface area contributed by atoms with Crippen molar-refractivity contribution in [3.05, 3.63) is 46.2 Å². The number of nitrogens with one attached hydrogen (secondary N) is 1. The number of anilines is 2. The van der Waals surface area contributed by atoms with Crippen molar-refractivity contribution in [3.8, 4) is 0 Å². The minimum absolute atomic E-state index is 0.251. The maximum Gasteiger partial charge on any atom is 0.272 e. The molecule has 0 atom stereocenters. The molecule has 20 heavy (non-hydrogen) atoms. The van der Waals surface area contributed by atoms with Crippen molar-refractivity contribution in [2.45, 2.75) is 19.9 Å². The smallest absolute Gasteiger partial charge is 0.272 e. The first-order valence-corrected chi connectivity index (χ1v) is 6.99. The molecule has 0 saturated carbocycles. The van der Waals surface area contributed by atoms with E-state index >= 15 is 0 Å². The number of aryl methyl sites for hydroxylation is 1. The monoisotopic (exact) mass is 311 g/mol. The minimum atomic E-state index is -0.251. The fraction of sp³-hybridized carbons (Fsp3) is 0.214. The van der Waals surface area contributed by atoms with Gasteiger partial charge in [-0.15, -0.1) is 0 Å². The summed E-state index contributed by atoms with van der Waals surface area (Å²) >= 11 is 11.9. The molecule has 2 rings (SSSR count). The summed E-state index contributed by atoms with van der Waals surface area (Å²) in [6.07, 6.45) is 2.66. The molecule has 2 aromatic rings. The van der Waals surface area contributed by atoms with E-state index < -0.39 is 0 Å². The van der Waals surface area contributed by atoms with E-state index in [0.717, 1.165) is 13.0 Å². The summed E-state index contributed by atoms with van der Waals surface area (Å²) in [7, 11) is 0. The molecule has 1 amide bonds. The Hall–Kier alpha value is -1.65. The average molecular weight is 312 g/mol. The van der Waals surface area contributed by atoms with E-state index in [1.54, 1.807) is 30.5 Å². The third-order valence-electron chi connectivity index (χ3n) is 2.79. The zero-order chi connectivity index (χ0) is 14.7. The standard InChI is InChI=1S/C14H15Cl2N3O/c1-2-5-19-8-10(17)7-13(19)14(20)18-12-4-3-9(15)6-11(12)16/h3-4,6-8H,2,5,17H2,1H3,(H,18,20). The summed E-state index contributed by atoms with van der Waals surface area (Å²) < 4.78 is 1.83. The van der Waals surface area contributed by atoms with Crippen molar-refractivity contribution in [2.24, 2.45) is 0 Å². The first-order chi connectivity index (χ1) is 9.51. The Morgan fingerprint density at radius 3 is 2.75 bits per heavy atom. The Morgan fingerprint density at radius 1 is 1.35 bits per heavy atom. The van der Waals surface area contributed by atoms with Crippen molar-refractivity contribution < 1.29 is 4.79 Å². The Labute approximate surface area is 127 Å². The first kappa shape index (κ1) is 14.8. The fourth-order valence-corrected chi connectivity index (χ4v) is 2.38. The molecule has 0 aliphatic rings. The van der Waals surface area contributed by atoms with E-state index in [0.29, 0.717) is 27.1 Å². The number of carbonyl (C=O) groups excluding carboxylic acids is 1. The van der Waals surface area contributed by atoms with Gasteiger partial charge in [0.15, 0.2) is 0 Å². The first-order valence-electron chi connectivity index (χ1n) is 6.23. The summed E-state index contributed by atoms with van der Waals surface area (Å²) in [5.74, 6) is -0.251. The third kappa shape index (κ3) is 3.26. The Morgan fingerprint density at radius 2 is 2.10 bits per heavy atom. The molecule has 1 aromatic carbocycles. The Balaban J connectivity index is 2.23. The maximum atomic E-state index is 12.3. The number of hydrogen-bond donors (Lipinski definition) is 2. The highest BCUT2D eigenvalue weighted by Gasteiger charge is 2.14. The molecular formula is C14H15Cl2N3O. The van der Waals surface area contributed by atoms with Gasteiger partial charge in [0.25, 0.3) is 5.91 Å². The molecule has 3 N–H and O–H groups in total. The van der Waals surface area contributed by atoms with Gasteiger partial charge in [-0.25, -0.2) is 0 Å². The van der Waals surface area contributed by atoms with Crippen molar-refractivity contribution in [1.82, 2.24) is 4.57 Å². The van der Waals surface area contributed by atoms with Crippen LogP contribution in [0.25, 0.3) is 0 Å². The number of benzene rings is 1. The van der Waals surface area contributed by atoms with Crippen molar-refractivity contribution in [2.75, 3.05) is 11.1 Å². The third-order valence-corrected chi connectivity index (χ3v) is 3.34. The largest absolute Gasteiger partial charge is 0.397 e. The van der Waals surface area contributed by atoms with Crippen LogP contribution >= 0.6 is 23.2 Å². The van der Waals surface area contributed by atoms with Crippen LogP contribution in [0.4, 0.5) is 11.4 Å². The van der Waals surface area contributed by atoms with Gasteiger partial charge in [-0.2, -0.15) is 0 Å². The lowest BCUT2D eigenvalue weighted by Gasteiger charge is -2.10. The quantitative estimate of drug-likeness (QED) is 0.895. The van der Waals surface area contributed by atoms with Gasteiger partial charge < -0.3 is 15.6 Å². The van der Waals surface area contributed by atoms with Crippen molar-refractivity contribution in [1.29, 1.82) is 0 Å². The van der Waals surface area contributed by atoms with Gasteiger partial charge >= 0.3 is 0 Å². The molecule has 6 heteroatoms. The van der Waals surface area contributed by atoms with Crippen molar-refractivity contribution >= 4 is 40.5 Å². The number of carbonyl (C=O) groups is 1. The number of nitrogens with zero attached hydrogens (tertiary/aromatic N) is 1. The SMILES string of the molecule is CCCn1cc(N)cc1C(=O)Nc1ccc(Cl)cc1Cl.